The molecule has 0 radical (unpaired) electrons. The number of aromatic nitrogens is 1. The number of rotatable bonds is 4. The number of unbranched alkanes of at least 4 members (excludes halogenated alkanes) is 1. The van der Waals surface area contributed by atoms with Crippen molar-refractivity contribution in [2.75, 3.05) is 0 Å². The third-order valence-corrected chi connectivity index (χ3v) is 3.76. The maximum absolute atomic E-state index is 4.34. The van der Waals surface area contributed by atoms with E-state index in [1.54, 1.807) is 0 Å². The van der Waals surface area contributed by atoms with E-state index in [0.717, 1.165) is 0 Å². The Bertz CT molecular complexity index is 235. The van der Waals surface area contributed by atoms with Gasteiger partial charge in [0.2, 0.25) is 0 Å². The zero-order valence-corrected chi connectivity index (χ0v) is 9.42. The van der Waals surface area contributed by atoms with E-state index in [-0.39, 0.29) is 0 Å². The summed E-state index contributed by atoms with van der Waals surface area (Å²) >= 11 is 0.599. The molecule has 12 heavy (non-hydrogen) atoms. The molecular weight excluding hydrogens is 213 g/mol. The standard InChI is InChI=1S/C10H15NSe/c1-3-4-7-12-10-8-9(2)5-6-11-10/h5-6,8H,3-4,7H2,1-2H3. The minimum absolute atomic E-state index is 0.599. The number of hydrogen-bond acceptors (Lipinski definition) is 1. The Labute approximate surface area is 80.8 Å². The van der Waals surface area contributed by atoms with Gasteiger partial charge in [-0.1, -0.05) is 0 Å². The molecule has 66 valence electrons. The Morgan fingerprint density at radius 3 is 3.00 bits per heavy atom. The van der Waals surface area contributed by atoms with Crippen molar-refractivity contribution >= 4 is 19.5 Å². The van der Waals surface area contributed by atoms with Crippen molar-refractivity contribution in [3.63, 3.8) is 0 Å². The van der Waals surface area contributed by atoms with Crippen LogP contribution < -0.4 is 4.59 Å². The normalized spacial score (nSPS) is 10.2. The summed E-state index contributed by atoms with van der Waals surface area (Å²) in [5, 5.41) is 1.33. The van der Waals surface area contributed by atoms with Crippen molar-refractivity contribution in [2.45, 2.75) is 32.0 Å². The van der Waals surface area contributed by atoms with E-state index in [1.165, 1.54) is 28.3 Å². The van der Waals surface area contributed by atoms with Crippen LogP contribution in [0, 0.1) is 6.92 Å². The van der Waals surface area contributed by atoms with Crippen molar-refractivity contribution in [3.05, 3.63) is 23.9 Å². The van der Waals surface area contributed by atoms with Gasteiger partial charge in [-0.3, -0.25) is 0 Å². The summed E-state index contributed by atoms with van der Waals surface area (Å²) in [6.45, 7) is 4.36. The summed E-state index contributed by atoms with van der Waals surface area (Å²) in [7, 11) is 0. The van der Waals surface area contributed by atoms with Crippen LogP contribution in [0.1, 0.15) is 25.3 Å². The first-order chi connectivity index (χ1) is 5.83. The van der Waals surface area contributed by atoms with Crippen molar-refractivity contribution in [2.24, 2.45) is 0 Å². The van der Waals surface area contributed by atoms with Crippen LogP contribution in [0.4, 0.5) is 0 Å². The molecule has 0 spiro atoms. The van der Waals surface area contributed by atoms with E-state index in [2.05, 4.69) is 31.0 Å². The molecule has 0 saturated carbocycles. The van der Waals surface area contributed by atoms with Gasteiger partial charge in [0.15, 0.2) is 0 Å². The average Bonchev–Trinajstić information content (AvgIpc) is 2.05. The van der Waals surface area contributed by atoms with Crippen LogP contribution in [-0.4, -0.2) is 19.9 Å². The van der Waals surface area contributed by atoms with Crippen LogP contribution in [0.5, 0.6) is 0 Å². The fourth-order valence-electron chi connectivity index (χ4n) is 0.908. The van der Waals surface area contributed by atoms with E-state index >= 15 is 0 Å². The molecule has 2 heteroatoms. The summed E-state index contributed by atoms with van der Waals surface area (Å²) in [4.78, 5) is 4.34. The number of pyridine rings is 1. The molecule has 0 bridgehead atoms. The number of hydrogen-bond donors (Lipinski definition) is 0. The van der Waals surface area contributed by atoms with Gasteiger partial charge in [-0.2, -0.15) is 0 Å². The first-order valence-electron chi connectivity index (χ1n) is 4.38. The molecule has 0 amide bonds. The van der Waals surface area contributed by atoms with Crippen molar-refractivity contribution in [3.8, 4) is 0 Å². The van der Waals surface area contributed by atoms with Crippen molar-refractivity contribution in [1.29, 1.82) is 0 Å². The van der Waals surface area contributed by atoms with Gasteiger partial charge in [-0.25, -0.2) is 0 Å². The molecule has 0 atom stereocenters. The fraction of sp³-hybridized carbons (Fsp3) is 0.500. The van der Waals surface area contributed by atoms with Gasteiger partial charge in [0.05, 0.1) is 0 Å². The van der Waals surface area contributed by atoms with Crippen molar-refractivity contribution in [1.82, 2.24) is 4.98 Å². The van der Waals surface area contributed by atoms with E-state index in [1.807, 2.05) is 6.20 Å². The molecule has 0 fully saturated rings. The minimum atomic E-state index is 0.599. The molecule has 0 saturated heterocycles. The second-order valence-electron chi connectivity index (χ2n) is 2.87. The summed E-state index contributed by atoms with van der Waals surface area (Å²) in [6, 6.07) is 4.26. The van der Waals surface area contributed by atoms with Crippen molar-refractivity contribution < 1.29 is 0 Å². The molecule has 0 aliphatic carbocycles. The molecule has 1 aromatic heterocycles. The van der Waals surface area contributed by atoms with Crippen LogP contribution >= 0.6 is 0 Å². The average molecular weight is 228 g/mol. The monoisotopic (exact) mass is 229 g/mol. The number of aryl methyl sites for hydroxylation is 1. The molecule has 1 aromatic rings. The van der Waals surface area contributed by atoms with Crippen LogP contribution in [-0.2, 0) is 0 Å². The molecule has 1 rings (SSSR count). The first kappa shape index (κ1) is 9.76. The fourth-order valence-corrected chi connectivity index (χ4v) is 3.10. The third kappa shape index (κ3) is 3.38. The van der Waals surface area contributed by atoms with E-state index < -0.39 is 0 Å². The molecule has 0 aliphatic heterocycles. The second kappa shape index (κ2) is 5.34. The summed E-state index contributed by atoms with van der Waals surface area (Å²) in [5.74, 6) is 0. The Morgan fingerprint density at radius 1 is 1.50 bits per heavy atom. The zero-order valence-electron chi connectivity index (χ0n) is 7.71. The summed E-state index contributed by atoms with van der Waals surface area (Å²) in [6.07, 6.45) is 4.56. The second-order valence-corrected chi connectivity index (χ2v) is 5.21. The Balaban J connectivity index is 2.41. The van der Waals surface area contributed by atoms with Gasteiger partial charge < -0.3 is 0 Å². The Hall–Kier alpha value is -0.331. The molecular formula is C10H15NSe. The summed E-state index contributed by atoms with van der Waals surface area (Å²) in [5.41, 5.74) is 1.33. The molecule has 1 heterocycles. The quantitative estimate of drug-likeness (QED) is 0.567. The van der Waals surface area contributed by atoms with Crippen LogP contribution in [0.25, 0.3) is 0 Å². The van der Waals surface area contributed by atoms with Gasteiger partial charge >= 0.3 is 80.4 Å². The molecule has 0 aromatic carbocycles. The third-order valence-electron chi connectivity index (χ3n) is 1.64. The van der Waals surface area contributed by atoms with Gasteiger partial charge in [0, 0.05) is 0 Å². The topological polar surface area (TPSA) is 12.9 Å². The number of nitrogens with zero attached hydrogens (tertiary/aromatic N) is 1. The maximum atomic E-state index is 4.34. The molecule has 0 aliphatic rings. The van der Waals surface area contributed by atoms with Gasteiger partial charge in [0.1, 0.15) is 0 Å². The van der Waals surface area contributed by atoms with E-state index in [4.69, 9.17) is 0 Å². The van der Waals surface area contributed by atoms with Crippen LogP contribution in [0.2, 0.25) is 5.32 Å². The summed E-state index contributed by atoms with van der Waals surface area (Å²) < 4.78 is 1.30. The van der Waals surface area contributed by atoms with E-state index in [9.17, 15) is 0 Å². The SMILES string of the molecule is CCCC[Se]c1cc(C)ccn1. The van der Waals surface area contributed by atoms with Gasteiger partial charge in [-0.15, -0.1) is 0 Å². The van der Waals surface area contributed by atoms with Gasteiger partial charge in [-0.05, 0) is 0 Å². The van der Waals surface area contributed by atoms with Gasteiger partial charge in [0.25, 0.3) is 0 Å². The van der Waals surface area contributed by atoms with Crippen LogP contribution in [0.15, 0.2) is 18.3 Å². The Morgan fingerprint density at radius 2 is 2.33 bits per heavy atom. The zero-order chi connectivity index (χ0) is 8.81. The predicted octanol–water partition coefficient (Wildman–Crippen LogP) is 1.94. The molecule has 0 unspecified atom stereocenters. The van der Waals surface area contributed by atoms with Crippen LogP contribution in [0.3, 0.4) is 0 Å². The predicted molar refractivity (Wildman–Crippen MR) is 54.1 cm³/mol. The van der Waals surface area contributed by atoms with E-state index in [0.29, 0.717) is 15.0 Å². The molecule has 1 nitrogen and oxygen atoms in total. The molecule has 0 N–H and O–H groups in total. The Kier molecular flexibility index (Phi) is 4.34. The first-order valence-corrected chi connectivity index (χ1v) is 6.45.